The SMILES string of the molecule is NCc1cccnc1N1CC(=O)Nc2ccccc21. The predicted octanol–water partition coefficient (Wildman–Crippen LogP) is 1.63. The molecule has 0 aliphatic carbocycles. The zero-order valence-corrected chi connectivity index (χ0v) is 10.3. The van der Waals surface area contributed by atoms with E-state index in [0.717, 1.165) is 22.8 Å². The van der Waals surface area contributed by atoms with Gasteiger partial charge >= 0.3 is 0 Å². The molecule has 0 fully saturated rings. The first-order chi connectivity index (χ1) is 9.29. The number of nitrogens with zero attached hydrogens (tertiary/aromatic N) is 2. The Kier molecular flexibility index (Phi) is 2.89. The van der Waals surface area contributed by atoms with Crippen LogP contribution in [-0.2, 0) is 11.3 Å². The van der Waals surface area contributed by atoms with Crippen LogP contribution in [0.2, 0.25) is 0 Å². The van der Waals surface area contributed by atoms with Crippen LogP contribution in [0.1, 0.15) is 5.56 Å². The molecule has 96 valence electrons. The number of aromatic nitrogens is 1. The van der Waals surface area contributed by atoms with E-state index in [1.165, 1.54) is 0 Å². The molecule has 3 N–H and O–H groups in total. The van der Waals surface area contributed by atoms with E-state index in [4.69, 9.17) is 5.73 Å². The standard InChI is InChI=1S/C14H14N4O/c15-8-10-4-3-7-16-14(10)18-9-13(19)17-11-5-1-2-6-12(11)18/h1-7H,8-9,15H2,(H,17,19). The highest BCUT2D eigenvalue weighted by Crippen LogP contribution is 2.34. The summed E-state index contributed by atoms with van der Waals surface area (Å²) in [5, 5.41) is 2.86. The van der Waals surface area contributed by atoms with Crippen LogP contribution in [0.15, 0.2) is 42.6 Å². The van der Waals surface area contributed by atoms with Crippen molar-refractivity contribution < 1.29 is 4.79 Å². The molecule has 0 saturated heterocycles. The number of benzene rings is 1. The summed E-state index contributed by atoms with van der Waals surface area (Å²) in [4.78, 5) is 18.1. The van der Waals surface area contributed by atoms with Crippen molar-refractivity contribution in [3.8, 4) is 0 Å². The minimum absolute atomic E-state index is 0.0488. The number of nitrogens with one attached hydrogen (secondary N) is 1. The van der Waals surface area contributed by atoms with Gasteiger partial charge in [0.1, 0.15) is 12.4 Å². The zero-order chi connectivity index (χ0) is 13.2. The summed E-state index contributed by atoms with van der Waals surface area (Å²) in [7, 11) is 0. The smallest absolute Gasteiger partial charge is 0.244 e. The number of pyridine rings is 1. The molecule has 3 rings (SSSR count). The second-order valence-electron chi connectivity index (χ2n) is 4.34. The summed E-state index contributed by atoms with van der Waals surface area (Å²) in [5.74, 6) is 0.694. The molecule has 5 heteroatoms. The van der Waals surface area contributed by atoms with Gasteiger partial charge in [0.05, 0.1) is 11.4 Å². The second-order valence-corrected chi connectivity index (χ2v) is 4.34. The predicted molar refractivity (Wildman–Crippen MR) is 74.2 cm³/mol. The fourth-order valence-corrected chi connectivity index (χ4v) is 2.25. The molecule has 1 aliphatic heterocycles. The number of hydrogen-bond acceptors (Lipinski definition) is 4. The van der Waals surface area contributed by atoms with Crippen molar-refractivity contribution in [2.45, 2.75) is 6.54 Å². The van der Waals surface area contributed by atoms with Gasteiger partial charge in [0, 0.05) is 18.3 Å². The van der Waals surface area contributed by atoms with E-state index < -0.39 is 0 Å². The molecule has 19 heavy (non-hydrogen) atoms. The van der Waals surface area contributed by atoms with Gasteiger partial charge in [-0.3, -0.25) is 4.79 Å². The molecule has 1 aliphatic rings. The van der Waals surface area contributed by atoms with E-state index in [1.54, 1.807) is 6.20 Å². The Hall–Kier alpha value is -2.40. The number of rotatable bonds is 2. The average Bonchev–Trinajstić information content (AvgIpc) is 2.46. The molecule has 0 radical (unpaired) electrons. The van der Waals surface area contributed by atoms with Crippen LogP contribution in [0.5, 0.6) is 0 Å². The third-order valence-electron chi connectivity index (χ3n) is 3.11. The maximum Gasteiger partial charge on any atom is 0.244 e. The van der Waals surface area contributed by atoms with E-state index in [2.05, 4.69) is 10.3 Å². The van der Waals surface area contributed by atoms with Crippen molar-refractivity contribution in [3.05, 3.63) is 48.2 Å². The molecule has 1 amide bonds. The lowest BCUT2D eigenvalue weighted by molar-refractivity contribution is -0.115. The van der Waals surface area contributed by atoms with Gasteiger partial charge in [0.2, 0.25) is 5.91 Å². The number of anilines is 3. The number of carbonyl (C=O) groups is 1. The molecule has 1 aromatic heterocycles. The van der Waals surface area contributed by atoms with Crippen molar-refractivity contribution in [1.82, 2.24) is 4.98 Å². The number of nitrogens with two attached hydrogens (primary N) is 1. The zero-order valence-electron chi connectivity index (χ0n) is 10.3. The highest BCUT2D eigenvalue weighted by Gasteiger charge is 2.24. The summed E-state index contributed by atoms with van der Waals surface area (Å²) in [6, 6.07) is 11.5. The lowest BCUT2D eigenvalue weighted by Crippen LogP contribution is -2.36. The molecule has 0 bridgehead atoms. The first-order valence-electron chi connectivity index (χ1n) is 6.10. The minimum Gasteiger partial charge on any atom is -0.326 e. The summed E-state index contributed by atoms with van der Waals surface area (Å²) in [5.41, 5.74) is 8.41. The fraction of sp³-hybridized carbons (Fsp3) is 0.143. The van der Waals surface area contributed by atoms with Gasteiger partial charge in [-0.1, -0.05) is 18.2 Å². The van der Waals surface area contributed by atoms with Crippen LogP contribution in [-0.4, -0.2) is 17.4 Å². The largest absolute Gasteiger partial charge is 0.326 e. The highest BCUT2D eigenvalue weighted by atomic mass is 16.2. The highest BCUT2D eigenvalue weighted by molar-refractivity contribution is 6.03. The van der Waals surface area contributed by atoms with Crippen molar-refractivity contribution >= 4 is 23.1 Å². The Morgan fingerprint density at radius 2 is 2.11 bits per heavy atom. The first kappa shape index (κ1) is 11.7. The Morgan fingerprint density at radius 1 is 1.26 bits per heavy atom. The van der Waals surface area contributed by atoms with Gasteiger partial charge in [-0.2, -0.15) is 0 Å². The van der Waals surface area contributed by atoms with Crippen LogP contribution in [0.25, 0.3) is 0 Å². The topological polar surface area (TPSA) is 71.2 Å². The molecular weight excluding hydrogens is 240 g/mol. The fourth-order valence-electron chi connectivity index (χ4n) is 2.25. The van der Waals surface area contributed by atoms with E-state index in [9.17, 15) is 4.79 Å². The van der Waals surface area contributed by atoms with Gasteiger partial charge in [-0.05, 0) is 18.2 Å². The van der Waals surface area contributed by atoms with Crippen molar-refractivity contribution in [3.63, 3.8) is 0 Å². The van der Waals surface area contributed by atoms with Gasteiger partial charge in [0.15, 0.2) is 0 Å². The Labute approximate surface area is 111 Å². The number of carbonyl (C=O) groups excluding carboxylic acids is 1. The minimum atomic E-state index is -0.0488. The summed E-state index contributed by atoms with van der Waals surface area (Å²) in [6.45, 7) is 0.643. The third kappa shape index (κ3) is 2.04. The summed E-state index contributed by atoms with van der Waals surface area (Å²) >= 11 is 0. The van der Waals surface area contributed by atoms with Gasteiger partial charge in [-0.15, -0.1) is 0 Å². The van der Waals surface area contributed by atoms with Crippen LogP contribution in [0, 0.1) is 0 Å². The molecule has 5 nitrogen and oxygen atoms in total. The Balaban J connectivity index is 2.13. The summed E-state index contributed by atoms with van der Waals surface area (Å²) < 4.78 is 0. The molecule has 0 atom stereocenters. The monoisotopic (exact) mass is 254 g/mol. The van der Waals surface area contributed by atoms with E-state index in [-0.39, 0.29) is 12.5 Å². The molecule has 0 saturated carbocycles. The van der Waals surface area contributed by atoms with E-state index >= 15 is 0 Å². The summed E-state index contributed by atoms with van der Waals surface area (Å²) in [6.07, 6.45) is 1.71. The maximum atomic E-state index is 11.8. The lowest BCUT2D eigenvalue weighted by Gasteiger charge is -2.31. The lowest BCUT2D eigenvalue weighted by atomic mass is 10.1. The quantitative estimate of drug-likeness (QED) is 0.854. The molecular formula is C14H14N4O. The Morgan fingerprint density at radius 3 is 2.95 bits per heavy atom. The molecule has 0 spiro atoms. The Bertz CT molecular complexity index is 626. The van der Waals surface area contributed by atoms with Gasteiger partial charge in [0.25, 0.3) is 0 Å². The number of fused-ring (bicyclic) bond motifs is 1. The third-order valence-corrected chi connectivity index (χ3v) is 3.11. The van der Waals surface area contributed by atoms with Crippen molar-refractivity contribution in [2.75, 3.05) is 16.8 Å². The van der Waals surface area contributed by atoms with Crippen molar-refractivity contribution in [1.29, 1.82) is 0 Å². The molecule has 0 unspecified atom stereocenters. The second kappa shape index (κ2) is 4.70. The van der Waals surface area contributed by atoms with Crippen LogP contribution >= 0.6 is 0 Å². The van der Waals surface area contributed by atoms with Gasteiger partial charge in [-0.25, -0.2) is 4.98 Å². The molecule has 2 aromatic rings. The van der Waals surface area contributed by atoms with Crippen LogP contribution in [0.3, 0.4) is 0 Å². The average molecular weight is 254 g/mol. The van der Waals surface area contributed by atoms with E-state index in [0.29, 0.717) is 6.54 Å². The molecule has 1 aromatic carbocycles. The molecule has 2 heterocycles. The number of para-hydroxylation sites is 2. The van der Waals surface area contributed by atoms with Gasteiger partial charge < -0.3 is 16.0 Å². The van der Waals surface area contributed by atoms with Crippen LogP contribution in [0.4, 0.5) is 17.2 Å². The van der Waals surface area contributed by atoms with Crippen molar-refractivity contribution in [2.24, 2.45) is 5.73 Å². The first-order valence-corrected chi connectivity index (χ1v) is 6.10. The number of amides is 1. The number of hydrogen-bond donors (Lipinski definition) is 2. The van der Waals surface area contributed by atoms with Crippen LogP contribution < -0.4 is 16.0 Å². The normalized spacial score (nSPS) is 13.9. The maximum absolute atomic E-state index is 11.8. The van der Waals surface area contributed by atoms with E-state index in [1.807, 2.05) is 41.3 Å².